The molecule has 1 aromatic rings. The lowest BCUT2D eigenvalue weighted by molar-refractivity contribution is -0.115. The molecule has 0 saturated heterocycles. The number of allylic oxidation sites excluding steroid dienone is 6. The third-order valence-corrected chi connectivity index (χ3v) is 9.28. The molecule has 0 radical (unpaired) electrons. The number of carbonyl (C=O) groups is 2. The fourth-order valence-electron chi connectivity index (χ4n) is 5.97. The van der Waals surface area contributed by atoms with Gasteiger partial charge in [0, 0.05) is 11.8 Å². The fourth-order valence-corrected chi connectivity index (χ4v) is 6.90. The number of fused-ring (bicyclic) bond motifs is 1. The summed E-state index contributed by atoms with van der Waals surface area (Å²) in [4.78, 5) is 30.8. The van der Waals surface area contributed by atoms with Crippen molar-refractivity contribution in [2.45, 2.75) is 64.8 Å². The molecule has 4 atom stereocenters. The minimum Gasteiger partial charge on any atom is -0.290 e. The molecule has 4 heteroatoms. The van der Waals surface area contributed by atoms with Gasteiger partial charge < -0.3 is 0 Å². The Morgan fingerprint density at radius 1 is 1.13 bits per heavy atom. The predicted molar refractivity (Wildman–Crippen MR) is 122 cm³/mol. The van der Waals surface area contributed by atoms with Gasteiger partial charge in [0.2, 0.25) is 0 Å². The Bertz CT molecular complexity index is 961. The SMILES string of the molecule is CC1=CCC[C@H]2[C@](C)(CC3=C(Sc4ccccn4)C(=O)C=CC3=O)[C@@H](C)CC[C@]12C. The third kappa shape index (κ3) is 3.53. The van der Waals surface area contributed by atoms with Crippen molar-refractivity contribution in [3.05, 3.63) is 58.7 Å². The normalized spacial score (nSPS) is 34.1. The van der Waals surface area contributed by atoms with Gasteiger partial charge in [-0.1, -0.05) is 50.2 Å². The lowest BCUT2D eigenvalue weighted by atomic mass is 9.46. The molecule has 1 heterocycles. The lowest BCUT2D eigenvalue weighted by Crippen LogP contribution is -2.50. The van der Waals surface area contributed by atoms with Crippen LogP contribution in [0.15, 0.2) is 63.7 Å². The molecule has 0 aromatic carbocycles. The molecule has 0 spiro atoms. The minimum absolute atomic E-state index is 0.0168. The summed E-state index contributed by atoms with van der Waals surface area (Å²) in [7, 11) is 0. The quantitative estimate of drug-likeness (QED) is 0.421. The molecule has 158 valence electrons. The summed E-state index contributed by atoms with van der Waals surface area (Å²) in [5.41, 5.74) is 2.35. The zero-order valence-corrected chi connectivity index (χ0v) is 19.2. The highest BCUT2D eigenvalue weighted by Gasteiger charge is 2.53. The van der Waals surface area contributed by atoms with E-state index in [2.05, 4.69) is 38.8 Å². The van der Waals surface area contributed by atoms with E-state index in [1.54, 1.807) is 6.20 Å². The Hall–Kier alpha value is -1.94. The molecule has 1 saturated carbocycles. The molecule has 30 heavy (non-hydrogen) atoms. The van der Waals surface area contributed by atoms with Gasteiger partial charge in [-0.05, 0) is 86.0 Å². The molecule has 1 aromatic heterocycles. The number of ketones is 2. The maximum atomic E-state index is 13.0. The first-order chi connectivity index (χ1) is 14.3. The van der Waals surface area contributed by atoms with Crippen molar-refractivity contribution in [2.75, 3.05) is 0 Å². The van der Waals surface area contributed by atoms with Crippen molar-refractivity contribution < 1.29 is 9.59 Å². The van der Waals surface area contributed by atoms with Crippen LogP contribution in [0.1, 0.15) is 59.8 Å². The second-order valence-electron chi connectivity index (χ2n) is 9.70. The van der Waals surface area contributed by atoms with Crippen LogP contribution in [0.5, 0.6) is 0 Å². The van der Waals surface area contributed by atoms with E-state index in [0.29, 0.717) is 28.7 Å². The van der Waals surface area contributed by atoms with E-state index in [9.17, 15) is 9.59 Å². The van der Waals surface area contributed by atoms with Gasteiger partial charge in [0.1, 0.15) is 5.03 Å². The van der Waals surface area contributed by atoms with Crippen molar-refractivity contribution in [1.29, 1.82) is 0 Å². The summed E-state index contributed by atoms with van der Waals surface area (Å²) in [6, 6.07) is 5.66. The van der Waals surface area contributed by atoms with E-state index in [1.807, 2.05) is 18.2 Å². The van der Waals surface area contributed by atoms with Crippen LogP contribution < -0.4 is 0 Å². The second kappa shape index (κ2) is 7.96. The Morgan fingerprint density at radius 2 is 1.90 bits per heavy atom. The summed E-state index contributed by atoms with van der Waals surface area (Å²) >= 11 is 1.34. The standard InChI is InChI=1S/C26H31NO2S/c1-17-8-7-9-22-25(17,3)14-13-18(2)26(22,4)16-19-20(28)11-12-21(29)24(19)30-23-10-5-6-15-27-23/h5-6,8,10-12,15,18,22H,7,9,13-14,16H2,1-4H3/t18-,22+,25+,26+/m0/s1. The first kappa shape index (κ1) is 21.3. The van der Waals surface area contributed by atoms with Crippen LogP contribution in [0, 0.1) is 22.7 Å². The second-order valence-corrected chi connectivity index (χ2v) is 10.7. The van der Waals surface area contributed by atoms with Crippen LogP contribution in [0.2, 0.25) is 0 Å². The van der Waals surface area contributed by atoms with E-state index in [1.165, 1.54) is 35.9 Å². The van der Waals surface area contributed by atoms with E-state index in [4.69, 9.17) is 0 Å². The Balaban J connectivity index is 1.75. The highest BCUT2D eigenvalue weighted by molar-refractivity contribution is 8.04. The number of rotatable bonds is 4. The van der Waals surface area contributed by atoms with Gasteiger partial charge in [0.15, 0.2) is 11.6 Å². The highest BCUT2D eigenvalue weighted by atomic mass is 32.2. The summed E-state index contributed by atoms with van der Waals surface area (Å²) in [5.74, 6) is 0.927. The zero-order valence-electron chi connectivity index (χ0n) is 18.4. The van der Waals surface area contributed by atoms with Gasteiger partial charge in [-0.3, -0.25) is 9.59 Å². The number of hydrogen-bond donors (Lipinski definition) is 0. The van der Waals surface area contributed by atoms with Crippen molar-refractivity contribution in [3.63, 3.8) is 0 Å². The average molecular weight is 422 g/mol. The van der Waals surface area contributed by atoms with Gasteiger partial charge in [-0.2, -0.15) is 0 Å². The molecule has 3 aliphatic carbocycles. The molecule has 0 unspecified atom stereocenters. The summed E-state index contributed by atoms with van der Waals surface area (Å²) in [6.07, 6.45) is 12.3. The molecule has 0 amide bonds. The molecular formula is C26H31NO2S. The van der Waals surface area contributed by atoms with Crippen LogP contribution in [0.25, 0.3) is 0 Å². The Labute approximate surface area is 184 Å². The number of hydrogen-bond acceptors (Lipinski definition) is 4. The van der Waals surface area contributed by atoms with Crippen molar-refractivity contribution in [2.24, 2.45) is 22.7 Å². The number of thioether (sulfide) groups is 1. The predicted octanol–water partition coefficient (Wildman–Crippen LogP) is 6.32. The summed E-state index contributed by atoms with van der Waals surface area (Å²) in [5, 5.41) is 0.754. The van der Waals surface area contributed by atoms with E-state index >= 15 is 0 Å². The molecule has 0 bridgehead atoms. The first-order valence-corrected chi connectivity index (χ1v) is 11.8. The van der Waals surface area contributed by atoms with Crippen molar-refractivity contribution >= 4 is 23.3 Å². The minimum atomic E-state index is -0.0743. The van der Waals surface area contributed by atoms with Crippen LogP contribution in [0.4, 0.5) is 0 Å². The maximum Gasteiger partial charge on any atom is 0.193 e. The Kier molecular flexibility index (Phi) is 5.65. The van der Waals surface area contributed by atoms with Crippen LogP contribution >= 0.6 is 11.8 Å². The van der Waals surface area contributed by atoms with E-state index in [-0.39, 0.29) is 22.4 Å². The van der Waals surface area contributed by atoms with Crippen LogP contribution in [0.3, 0.4) is 0 Å². The van der Waals surface area contributed by atoms with Gasteiger partial charge in [0.05, 0.1) is 4.91 Å². The number of nitrogens with zero attached hydrogens (tertiary/aromatic N) is 1. The topological polar surface area (TPSA) is 47.0 Å². The average Bonchev–Trinajstić information content (AvgIpc) is 2.73. The largest absolute Gasteiger partial charge is 0.290 e. The van der Waals surface area contributed by atoms with Crippen LogP contribution in [-0.2, 0) is 9.59 Å². The highest BCUT2D eigenvalue weighted by Crippen LogP contribution is 2.62. The van der Waals surface area contributed by atoms with Crippen LogP contribution in [-0.4, -0.2) is 16.6 Å². The molecule has 0 N–H and O–H groups in total. The molecule has 4 rings (SSSR count). The molecular weight excluding hydrogens is 390 g/mol. The maximum absolute atomic E-state index is 13.0. The third-order valence-electron chi connectivity index (χ3n) is 8.18. The first-order valence-electron chi connectivity index (χ1n) is 11.0. The monoisotopic (exact) mass is 421 g/mol. The molecule has 1 fully saturated rings. The van der Waals surface area contributed by atoms with Gasteiger partial charge in [-0.15, -0.1) is 0 Å². The summed E-state index contributed by atoms with van der Waals surface area (Å²) in [6.45, 7) is 9.40. The number of aromatic nitrogens is 1. The van der Waals surface area contributed by atoms with Gasteiger partial charge in [-0.25, -0.2) is 4.98 Å². The van der Waals surface area contributed by atoms with E-state index < -0.39 is 0 Å². The number of pyridine rings is 1. The summed E-state index contributed by atoms with van der Waals surface area (Å²) < 4.78 is 0. The van der Waals surface area contributed by atoms with Gasteiger partial charge in [0.25, 0.3) is 0 Å². The Morgan fingerprint density at radius 3 is 2.63 bits per heavy atom. The molecule has 3 nitrogen and oxygen atoms in total. The number of carbonyl (C=O) groups excluding carboxylic acids is 2. The molecule has 0 aliphatic heterocycles. The van der Waals surface area contributed by atoms with Crippen molar-refractivity contribution in [1.82, 2.24) is 4.98 Å². The van der Waals surface area contributed by atoms with E-state index in [0.717, 1.165) is 24.3 Å². The molecule has 3 aliphatic rings. The smallest absolute Gasteiger partial charge is 0.193 e. The van der Waals surface area contributed by atoms with Crippen molar-refractivity contribution in [3.8, 4) is 0 Å². The fraction of sp³-hybridized carbons (Fsp3) is 0.500. The van der Waals surface area contributed by atoms with Gasteiger partial charge >= 0.3 is 0 Å². The zero-order chi connectivity index (χ0) is 21.5. The lowest BCUT2D eigenvalue weighted by Gasteiger charge is -2.58.